The third-order valence-corrected chi connectivity index (χ3v) is 5.48. The topological polar surface area (TPSA) is 134 Å². The molecule has 0 radical (unpaired) electrons. The van der Waals surface area contributed by atoms with Gasteiger partial charge in [0, 0.05) is 18.7 Å². The van der Waals surface area contributed by atoms with Crippen molar-refractivity contribution in [1.82, 2.24) is 5.32 Å². The van der Waals surface area contributed by atoms with E-state index in [1.54, 1.807) is 12.1 Å². The number of rotatable bonds is 6. The van der Waals surface area contributed by atoms with Crippen molar-refractivity contribution in [3.05, 3.63) is 53.3 Å². The SMILES string of the molecule is NC(=O)c1ccc(C(=O)NC[C@H]2CN(c3ccc(N4CCOCC4)c(F)c3)C(=O)O2)cc1O. The zero-order chi connectivity index (χ0) is 23.5. The number of hydrogen-bond donors (Lipinski definition) is 3. The maximum atomic E-state index is 14.7. The van der Waals surface area contributed by atoms with Gasteiger partial charge >= 0.3 is 6.09 Å². The van der Waals surface area contributed by atoms with Crippen LogP contribution in [0.4, 0.5) is 20.6 Å². The second-order valence-corrected chi connectivity index (χ2v) is 7.66. The Balaban J connectivity index is 1.36. The number of carbonyl (C=O) groups is 3. The number of nitrogens with zero attached hydrogens (tertiary/aromatic N) is 2. The van der Waals surface area contributed by atoms with Gasteiger partial charge in [0.15, 0.2) is 0 Å². The van der Waals surface area contributed by atoms with Gasteiger partial charge in [-0.05, 0) is 36.4 Å². The fourth-order valence-electron chi connectivity index (χ4n) is 3.75. The van der Waals surface area contributed by atoms with E-state index in [0.29, 0.717) is 37.7 Å². The lowest BCUT2D eigenvalue weighted by Crippen LogP contribution is -2.37. The van der Waals surface area contributed by atoms with Gasteiger partial charge in [0.25, 0.3) is 11.8 Å². The molecule has 2 aromatic rings. The summed E-state index contributed by atoms with van der Waals surface area (Å²) in [6.45, 7) is 2.37. The van der Waals surface area contributed by atoms with Crippen LogP contribution in [0, 0.1) is 5.82 Å². The molecule has 2 aliphatic heterocycles. The molecule has 33 heavy (non-hydrogen) atoms. The van der Waals surface area contributed by atoms with Crippen molar-refractivity contribution >= 4 is 29.3 Å². The molecule has 3 amide bonds. The molecule has 0 unspecified atom stereocenters. The molecule has 0 spiro atoms. The fourth-order valence-corrected chi connectivity index (χ4v) is 3.75. The largest absolute Gasteiger partial charge is 0.507 e. The predicted octanol–water partition coefficient (Wildman–Crippen LogP) is 1.22. The predicted molar refractivity (Wildman–Crippen MR) is 116 cm³/mol. The Bertz CT molecular complexity index is 1090. The molecule has 4 N–H and O–H groups in total. The summed E-state index contributed by atoms with van der Waals surface area (Å²) in [5.74, 6) is -2.20. The molecule has 0 aliphatic carbocycles. The third kappa shape index (κ3) is 4.82. The zero-order valence-corrected chi connectivity index (χ0v) is 17.6. The third-order valence-electron chi connectivity index (χ3n) is 5.48. The summed E-state index contributed by atoms with van der Waals surface area (Å²) in [5, 5.41) is 12.4. The normalized spacial score (nSPS) is 18.2. The molecule has 2 fully saturated rings. The fraction of sp³-hybridized carbons (Fsp3) is 0.318. The van der Waals surface area contributed by atoms with Gasteiger partial charge in [-0.2, -0.15) is 0 Å². The Kier molecular flexibility index (Phi) is 6.31. The minimum atomic E-state index is -0.813. The van der Waals surface area contributed by atoms with Crippen LogP contribution in [-0.2, 0) is 9.47 Å². The summed E-state index contributed by atoms with van der Waals surface area (Å²) in [6.07, 6.45) is -1.29. The van der Waals surface area contributed by atoms with Crippen molar-refractivity contribution < 1.29 is 33.4 Å². The Hall–Kier alpha value is -3.86. The summed E-state index contributed by atoms with van der Waals surface area (Å²) in [5.41, 5.74) is 5.95. The molecule has 0 aromatic heterocycles. The Morgan fingerprint density at radius 3 is 2.61 bits per heavy atom. The van der Waals surface area contributed by atoms with Gasteiger partial charge in [-0.3, -0.25) is 14.5 Å². The molecule has 1 atom stereocenters. The maximum absolute atomic E-state index is 14.7. The van der Waals surface area contributed by atoms with Crippen molar-refractivity contribution in [2.24, 2.45) is 5.73 Å². The van der Waals surface area contributed by atoms with E-state index in [0.717, 1.165) is 6.07 Å². The van der Waals surface area contributed by atoms with Crippen LogP contribution in [0.3, 0.4) is 0 Å². The molecule has 10 nitrogen and oxygen atoms in total. The van der Waals surface area contributed by atoms with Gasteiger partial charge in [0.2, 0.25) is 0 Å². The lowest BCUT2D eigenvalue weighted by molar-refractivity contribution is 0.0914. The van der Waals surface area contributed by atoms with E-state index in [2.05, 4.69) is 5.32 Å². The Morgan fingerprint density at radius 1 is 1.18 bits per heavy atom. The zero-order valence-electron chi connectivity index (χ0n) is 17.6. The summed E-state index contributed by atoms with van der Waals surface area (Å²) < 4.78 is 25.3. The van der Waals surface area contributed by atoms with Crippen LogP contribution in [0.15, 0.2) is 36.4 Å². The number of morpholine rings is 1. The standard InChI is InChI=1S/C22H23FN4O6/c23-17-10-14(2-4-18(17)26-5-7-32-8-6-26)27-12-15(33-22(27)31)11-25-21(30)13-1-3-16(20(24)29)19(28)9-13/h1-4,9-10,15,28H,5-8,11-12H2,(H2,24,29)(H,25,30)/t15-/m0/s1. The number of ether oxygens (including phenoxy) is 2. The summed E-state index contributed by atoms with van der Waals surface area (Å²) in [6, 6.07) is 8.29. The van der Waals surface area contributed by atoms with Crippen molar-refractivity contribution in [2.75, 3.05) is 49.2 Å². The highest BCUT2D eigenvalue weighted by Crippen LogP contribution is 2.28. The highest BCUT2D eigenvalue weighted by Gasteiger charge is 2.33. The minimum absolute atomic E-state index is 0.00769. The Labute approximate surface area is 188 Å². The molecule has 0 bridgehead atoms. The van der Waals surface area contributed by atoms with E-state index < -0.39 is 35.6 Å². The summed E-state index contributed by atoms with van der Waals surface area (Å²) >= 11 is 0. The monoisotopic (exact) mass is 458 g/mol. The van der Waals surface area contributed by atoms with Crippen LogP contribution >= 0.6 is 0 Å². The molecule has 2 aromatic carbocycles. The Morgan fingerprint density at radius 2 is 1.94 bits per heavy atom. The van der Waals surface area contributed by atoms with Crippen LogP contribution < -0.4 is 20.9 Å². The summed E-state index contributed by atoms with van der Waals surface area (Å²) in [7, 11) is 0. The minimum Gasteiger partial charge on any atom is -0.507 e. The van der Waals surface area contributed by atoms with Crippen LogP contribution in [0.1, 0.15) is 20.7 Å². The number of phenols is 1. The molecule has 0 saturated carbocycles. The second kappa shape index (κ2) is 9.33. The summed E-state index contributed by atoms with van der Waals surface area (Å²) in [4.78, 5) is 39.0. The number of nitrogens with two attached hydrogens (primary N) is 1. The number of anilines is 2. The molecular weight excluding hydrogens is 435 g/mol. The first-order valence-corrected chi connectivity index (χ1v) is 10.3. The maximum Gasteiger partial charge on any atom is 0.414 e. The molecule has 2 heterocycles. The number of carbonyl (C=O) groups excluding carboxylic acids is 3. The van der Waals surface area contributed by atoms with Crippen molar-refractivity contribution in [2.45, 2.75) is 6.10 Å². The first-order valence-electron chi connectivity index (χ1n) is 10.3. The van der Waals surface area contributed by atoms with Gasteiger partial charge in [-0.25, -0.2) is 9.18 Å². The van der Waals surface area contributed by atoms with E-state index in [1.807, 2.05) is 4.90 Å². The van der Waals surface area contributed by atoms with E-state index >= 15 is 0 Å². The number of hydrogen-bond acceptors (Lipinski definition) is 7. The molecule has 4 rings (SSSR count). The molecule has 11 heteroatoms. The molecule has 174 valence electrons. The van der Waals surface area contributed by atoms with Gasteiger partial charge in [0.05, 0.1) is 43.2 Å². The number of nitrogens with one attached hydrogen (secondary N) is 1. The van der Waals surface area contributed by atoms with Gasteiger partial charge in [-0.15, -0.1) is 0 Å². The second-order valence-electron chi connectivity index (χ2n) is 7.66. The first-order chi connectivity index (χ1) is 15.8. The van der Waals surface area contributed by atoms with Crippen molar-refractivity contribution in [3.8, 4) is 5.75 Å². The number of aromatic hydroxyl groups is 1. The number of benzene rings is 2. The lowest BCUT2D eigenvalue weighted by Gasteiger charge is -2.29. The van der Waals surface area contributed by atoms with E-state index in [1.165, 1.54) is 23.1 Å². The van der Waals surface area contributed by atoms with Crippen molar-refractivity contribution in [3.63, 3.8) is 0 Å². The van der Waals surface area contributed by atoms with E-state index in [4.69, 9.17) is 15.2 Å². The van der Waals surface area contributed by atoms with Crippen molar-refractivity contribution in [1.29, 1.82) is 0 Å². The number of halogens is 1. The van der Waals surface area contributed by atoms with Gasteiger partial charge in [-0.1, -0.05) is 0 Å². The molecule has 2 saturated heterocycles. The van der Waals surface area contributed by atoms with Crippen LogP contribution in [0.25, 0.3) is 0 Å². The van der Waals surface area contributed by atoms with E-state index in [-0.39, 0.29) is 24.2 Å². The first kappa shape index (κ1) is 22.3. The van der Waals surface area contributed by atoms with Crippen LogP contribution in [0.2, 0.25) is 0 Å². The molecule has 2 aliphatic rings. The van der Waals surface area contributed by atoms with Crippen LogP contribution in [-0.4, -0.2) is 68.5 Å². The average Bonchev–Trinajstić information content (AvgIpc) is 3.18. The highest BCUT2D eigenvalue weighted by atomic mass is 19.1. The lowest BCUT2D eigenvalue weighted by atomic mass is 10.1. The highest BCUT2D eigenvalue weighted by molar-refractivity contribution is 5.99. The van der Waals surface area contributed by atoms with E-state index in [9.17, 15) is 23.9 Å². The van der Waals surface area contributed by atoms with Gasteiger partial charge < -0.3 is 30.5 Å². The average molecular weight is 458 g/mol. The number of cyclic esters (lactones) is 1. The quantitative estimate of drug-likeness (QED) is 0.593. The number of amides is 3. The number of primary amides is 1. The van der Waals surface area contributed by atoms with Gasteiger partial charge in [0.1, 0.15) is 17.7 Å². The smallest absolute Gasteiger partial charge is 0.414 e. The van der Waals surface area contributed by atoms with Crippen LogP contribution in [0.5, 0.6) is 5.75 Å². The molecular formula is C22H23FN4O6.